The van der Waals surface area contributed by atoms with Crippen LogP contribution in [0.5, 0.6) is 0 Å². The lowest BCUT2D eigenvalue weighted by atomic mass is 9.96. The molecule has 0 bridgehead atoms. The van der Waals surface area contributed by atoms with Crippen LogP contribution < -0.4 is 5.73 Å². The van der Waals surface area contributed by atoms with Crippen LogP contribution in [0.2, 0.25) is 0 Å². The van der Waals surface area contributed by atoms with Crippen molar-refractivity contribution >= 4 is 16.8 Å². The first-order chi connectivity index (χ1) is 9.11. The fourth-order valence-electron chi connectivity index (χ4n) is 2.51. The molecule has 0 aliphatic carbocycles. The van der Waals surface area contributed by atoms with Gasteiger partial charge in [-0.2, -0.15) is 0 Å². The smallest absolute Gasteiger partial charge is 0.209 e. The number of nitrogen functional groups attached to an aromatic ring is 1. The van der Waals surface area contributed by atoms with Crippen molar-refractivity contribution in [1.29, 1.82) is 0 Å². The molecule has 1 aliphatic rings. The number of hydrogen-bond donors (Lipinski definition) is 2. The van der Waals surface area contributed by atoms with E-state index in [2.05, 4.69) is 16.8 Å². The molecule has 5 heteroatoms. The number of likely N-dealkylation sites (tertiary alicyclic amines) is 1. The second kappa shape index (κ2) is 4.83. The molecule has 19 heavy (non-hydrogen) atoms. The van der Waals surface area contributed by atoms with Crippen molar-refractivity contribution in [3.8, 4) is 0 Å². The molecule has 1 aromatic carbocycles. The quantitative estimate of drug-likeness (QED) is 0.803. The van der Waals surface area contributed by atoms with E-state index < -0.39 is 0 Å². The van der Waals surface area contributed by atoms with Crippen molar-refractivity contribution in [2.45, 2.75) is 26.0 Å². The summed E-state index contributed by atoms with van der Waals surface area (Å²) in [5.74, 6) is 1.06. The van der Waals surface area contributed by atoms with E-state index in [1.807, 2.05) is 12.1 Å². The van der Waals surface area contributed by atoms with Crippen LogP contribution in [0.3, 0.4) is 0 Å². The van der Waals surface area contributed by atoms with Crippen molar-refractivity contribution in [3.63, 3.8) is 0 Å². The molecular formula is C14H19N3O2. The Labute approximate surface area is 112 Å². The van der Waals surface area contributed by atoms with E-state index >= 15 is 0 Å². The third-order valence-corrected chi connectivity index (χ3v) is 3.82. The largest absolute Gasteiger partial charge is 0.439 e. The highest BCUT2D eigenvalue weighted by molar-refractivity contribution is 5.76. The number of benzene rings is 1. The number of aromatic nitrogens is 1. The summed E-state index contributed by atoms with van der Waals surface area (Å²) in [6.45, 7) is 4.38. The maximum Gasteiger partial charge on any atom is 0.209 e. The topological polar surface area (TPSA) is 75.5 Å². The first-order valence-corrected chi connectivity index (χ1v) is 6.67. The third-order valence-electron chi connectivity index (χ3n) is 3.82. The zero-order valence-corrected chi connectivity index (χ0v) is 11.0. The van der Waals surface area contributed by atoms with Crippen LogP contribution in [0.25, 0.3) is 11.1 Å². The zero-order valence-electron chi connectivity index (χ0n) is 11.0. The molecule has 102 valence electrons. The molecule has 1 saturated heterocycles. The van der Waals surface area contributed by atoms with E-state index in [0.717, 1.165) is 24.1 Å². The lowest BCUT2D eigenvalue weighted by molar-refractivity contribution is 0.0229. The fraction of sp³-hybridized carbons (Fsp3) is 0.500. The van der Waals surface area contributed by atoms with Gasteiger partial charge >= 0.3 is 0 Å². The van der Waals surface area contributed by atoms with Crippen molar-refractivity contribution < 1.29 is 9.52 Å². The van der Waals surface area contributed by atoms with Crippen LogP contribution in [0.4, 0.5) is 5.69 Å². The number of nitrogens with zero attached hydrogens (tertiary/aromatic N) is 2. The summed E-state index contributed by atoms with van der Waals surface area (Å²) < 4.78 is 5.70. The van der Waals surface area contributed by atoms with E-state index in [9.17, 15) is 5.11 Å². The van der Waals surface area contributed by atoms with Crippen molar-refractivity contribution in [3.05, 3.63) is 24.1 Å². The van der Waals surface area contributed by atoms with Gasteiger partial charge in [-0.25, -0.2) is 4.98 Å². The van der Waals surface area contributed by atoms with Gasteiger partial charge in [-0.15, -0.1) is 0 Å². The number of hydrogen-bond acceptors (Lipinski definition) is 5. The molecular weight excluding hydrogens is 242 g/mol. The van der Waals surface area contributed by atoms with Gasteiger partial charge in [0.25, 0.3) is 0 Å². The average Bonchev–Trinajstić information content (AvgIpc) is 2.75. The standard InChI is InChI=1S/C14H19N3O2/c1-9-4-5-17(7-12(9)18)8-14-16-11-3-2-10(15)6-13(11)19-14/h2-3,6,9,12,18H,4-5,7-8,15H2,1H3. The van der Waals surface area contributed by atoms with Gasteiger partial charge in [0, 0.05) is 18.3 Å². The number of oxazole rings is 1. The normalized spacial score (nSPS) is 24.9. The summed E-state index contributed by atoms with van der Waals surface area (Å²) in [5, 5.41) is 9.89. The number of β-amino-alcohol motifs (C(OH)–C–C–N with tert-alkyl or cyclic N) is 1. The van der Waals surface area contributed by atoms with Crippen LogP contribution in [0.15, 0.2) is 22.6 Å². The molecule has 2 atom stereocenters. The van der Waals surface area contributed by atoms with Crippen LogP contribution in [-0.4, -0.2) is 34.2 Å². The van der Waals surface area contributed by atoms with Crippen LogP contribution >= 0.6 is 0 Å². The van der Waals surface area contributed by atoms with Crippen molar-refractivity contribution in [2.24, 2.45) is 5.92 Å². The Balaban J connectivity index is 1.74. The Hall–Kier alpha value is -1.59. The SMILES string of the molecule is CC1CCN(Cc2nc3ccc(N)cc3o2)CC1O. The van der Waals surface area contributed by atoms with E-state index in [-0.39, 0.29) is 6.10 Å². The number of rotatable bonds is 2. The zero-order chi connectivity index (χ0) is 13.4. The summed E-state index contributed by atoms with van der Waals surface area (Å²) in [6, 6.07) is 5.48. The second-order valence-corrected chi connectivity index (χ2v) is 5.40. The minimum Gasteiger partial charge on any atom is -0.439 e. The van der Waals surface area contributed by atoms with Gasteiger partial charge in [-0.1, -0.05) is 6.92 Å². The molecule has 3 N–H and O–H groups in total. The molecule has 2 aromatic rings. The minimum atomic E-state index is -0.256. The molecule has 0 radical (unpaired) electrons. The van der Waals surface area contributed by atoms with Gasteiger partial charge < -0.3 is 15.3 Å². The maximum atomic E-state index is 9.89. The summed E-state index contributed by atoms with van der Waals surface area (Å²) in [7, 11) is 0. The Morgan fingerprint density at radius 3 is 3.16 bits per heavy atom. The molecule has 2 heterocycles. The molecule has 1 aliphatic heterocycles. The fourth-order valence-corrected chi connectivity index (χ4v) is 2.51. The molecule has 0 spiro atoms. The van der Waals surface area contributed by atoms with E-state index in [0.29, 0.717) is 30.6 Å². The highest BCUT2D eigenvalue weighted by atomic mass is 16.3. The van der Waals surface area contributed by atoms with E-state index in [1.54, 1.807) is 6.07 Å². The lowest BCUT2D eigenvalue weighted by Crippen LogP contribution is -2.42. The predicted octanol–water partition coefficient (Wildman–Crippen LogP) is 1.61. The summed E-state index contributed by atoms with van der Waals surface area (Å²) in [4.78, 5) is 6.63. The van der Waals surface area contributed by atoms with Crippen LogP contribution in [-0.2, 0) is 6.54 Å². The predicted molar refractivity (Wildman–Crippen MR) is 73.5 cm³/mol. The first kappa shape index (κ1) is 12.4. The summed E-state index contributed by atoms with van der Waals surface area (Å²) in [5.41, 5.74) is 7.95. The molecule has 3 rings (SSSR count). The summed E-state index contributed by atoms with van der Waals surface area (Å²) >= 11 is 0. The molecule has 5 nitrogen and oxygen atoms in total. The number of anilines is 1. The van der Waals surface area contributed by atoms with Gasteiger partial charge in [0.2, 0.25) is 5.89 Å². The highest BCUT2D eigenvalue weighted by Gasteiger charge is 2.25. The Morgan fingerprint density at radius 2 is 2.37 bits per heavy atom. The monoisotopic (exact) mass is 261 g/mol. The van der Waals surface area contributed by atoms with Gasteiger partial charge in [0.1, 0.15) is 5.52 Å². The average molecular weight is 261 g/mol. The molecule has 0 saturated carbocycles. The Morgan fingerprint density at radius 1 is 1.53 bits per heavy atom. The van der Waals surface area contributed by atoms with Crippen LogP contribution in [0, 0.1) is 5.92 Å². The Kier molecular flexibility index (Phi) is 3.16. The summed E-state index contributed by atoms with van der Waals surface area (Å²) in [6.07, 6.45) is 0.753. The van der Waals surface area contributed by atoms with Gasteiger partial charge in [0.05, 0.1) is 12.6 Å². The third kappa shape index (κ3) is 2.57. The number of fused-ring (bicyclic) bond motifs is 1. The number of nitrogens with two attached hydrogens (primary N) is 1. The minimum absolute atomic E-state index is 0.256. The molecule has 1 aromatic heterocycles. The van der Waals surface area contributed by atoms with Gasteiger partial charge in [0.15, 0.2) is 5.58 Å². The number of aliphatic hydroxyl groups is 1. The van der Waals surface area contributed by atoms with Crippen LogP contribution in [0.1, 0.15) is 19.2 Å². The van der Waals surface area contributed by atoms with Crippen molar-refractivity contribution in [2.75, 3.05) is 18.8 Å². The second-order valence-electron chi connectivity index (χ2n) is 5.40. The van der Waals surface area contributed by atoms with E-state index in [1.165, 1.54) is 0 Å². The Bertz CT molecular complexity index is 581. The number of aliphatic hydroxyl groups excluding tert-OH is 1. The van der Waals surface area contributed by atoms with E-state index in [4.69, 9.17) is 10.2 Å². The lowest BCUT2D eigenvalue weighted by Gasteiger charge is -2.33. The molecule has 2 unspecified atom stereocenters. The number of piperidine rings is 1. The van der Waals surface area contributed by atoms with Gasteiger partial charge in [-0.3, -0.25) is 4.90 Å². The maximum absolute atomic E-state index is 9.89. The highest BCUT2D eigenvalue weighted by Crippen LogP contribution is 2.22. The first-order valence-electron chi connectivity index (χ1n) is 6.67. The van der Waals surface area contributed by atoms with Crippen molar-refractivity contribution in [1.82, 2.24) is 9.88 Å². The molecule has 0 amide bonds. The van der Waals surface area contributed by atoms with Gasteiger partial charge in [-0.05, 0) is 31.0 Å². The molecule has 1 fully saturated rings.